The molecule has 94 valence electrons. The van der Waals surface area contributed by atoms with Crippen molar-refractivity contribution in [1.29, 1.82) is 0 Å². The molecular weight excluding hydrogens is 212 g/mol. The molecule has 0 radical (unpaired) electrons. The molecule has 0 aliphatic heterocycles. The van der Waals surface area contributed by atoms with Crippen LogP contribution in [0.25, 0.3) is 0 Å². The second-order valence-corrected chi connectivity index (χ2v) is 5.99. The molecular formula is C15H22O2. The number of aliphatic hydroxyl groups is 1. The Balaban J connectivity index is 1.87. The summed E-state index contributed by atoms with van der Waals surface area (Å²) < 4.78 is 5.50. The van der Waals surface area contributed by atoms with E-state index < -0.39 is 5.60 Å². The van der Waals surface area contributed by atoms with Crippen molar-refractivity contribution in [3.8, 4) is 0 Å². The first kappa shape index (κ1) is 11.3. The zero-order valence-electron chi connectivity index (χ0n) is 10.6. The van der Waals surface area contributed by atoms with Gasteiger partial charge in [0.25, 0.3) is 0 Å². The van der Waals surface area contributed by atoms with E-state index in [0.29, 0.717) is 5.92 Å². The zero-order chi connectivity index (χ0) is 11.9. The van der Waals surface area contributed by atoms with Crippen molar-refractivity contribution in [1.82, 2.24) is 0 Å². The maximum absolute atomic E-state index is 11.1. The van der Waals surface area contributed by atoms with Crippen molar-refractivity contribution in [2.24, 2.45) is 11.8 Å². The molecule has 17 heavy (non-hydrogen) atoms. The molecule has 2 heteroatoms. The van der Waals surface area contributed by atoms with E-state index in [9.17, 15) is 5.11 Å². The van der Waals surface area contributed by atoms with Gasteiger partial charge in [-0.2, -0.15) is 0 Å². The maximum atomic E-state index is 11.1. The van der Waals surface area contributed by atoms with E-state index in [4.69, 9.17) is 4.42 Å². The van der Waals surface area contributed by atoms with Crippen molar-refractivity contribution >= 4 is 0 Å². The third-order valence-corrected chi connectivity index (χ3v) is 4.86. The van der Waals surface area contributed by atoms with Gasteiger partial charge in [-0.15, -0.1) is 0 Å². The SMILES string of the molecule is CC1CCC(C2(O)CCCc3occc32)CC1. The van der Waals surface area contributed by atoms with Gasteiger partial charge in [0.1, 0.15) is 5.76 Å². The molecule has 1 fully saturated rings. The minimum Gasteiger partial charge on any atom is -0.469 e. The van der Waals surface area contributed by atoms with E-state index in [-0.39, 0.29) is 0 Å². The minimum absolute atomic E-state index is 0.440. The highest BCUT2D eigenvalue weighted by Crippen LogP contribution is 2.47. The molecule has 1 saturated carbocycles. The van der Waals surface area contributed by atoms with Gasteiger partial charge in [-0.05, 0) is 43.6 Å². The second kappa shape index (κ2) is 4.16. The molecule has 0 amide bonds. The number of fused-ring (bicyclic) bond motifs is 1. The highest BCUT2D eigenvalue weighted by Gasteiger charge is 2.43. The Kier molecular flexibility index (Phi) is 2.78. The summed E-state index contributed by atoms with van der Waals surface area (Å²) in [5.74, 6) is 2.30. The normalized spacial score (nSPS) is 37.8. The molecule has 2 nitrogen and oxygen atoms in total. The fraction of sp³-hybridized carbons (Fsp3) is 0.733. The summed E-state index contributed by atoms with van der Waals surface area (Å²) in [7, 11) is 0. The van der Waals surface area contributed by atoms with E-state index in [0.717, 1.165) is 36.5 Å². The van der Waals surface area contributed by atoms with Crippen LogP contribution >= 0.6 is 0 Å². The number of aryl methyl sites for hydroxylation is 1. The first-order valence-corrected chi connectivity index (χ1v) is 6.99. The van der Waals surface area contributed by atoms with Gasteiger partial charge >= 0.3 is 0 Å². The molecule has 0 spiro atoms. The van der Waals surface area contributed by atoms with Crippen LogP contribution in [0, 0.1) is 11.8 Å². The first-order chi connectivity index (χ1) is 8.20. The van der Waals surface area contributed by atoms with Gasteiger partial charge < -0.3 is 9.52 Å². The Morgan fingerprint density at radius 2 is 2.06 bits per heavy atom. The monoisotopic (exact) mass is 234 g/mol. The molecule has 0 bridgehead atoms. The van der Waals surface area contributed by atoms with Crippen LogP contribution in [0.4, 0.5) is 0 Å². The fourth-order valence-electron chi connectivity index (χ4n) is 3.73. The van der Waals surface area contributed by atoms with Crippen LogP contribution in [0.2, 0.25) is 0 Å². The average Bonchev–Trinajstić information content (AvgIpc) is 2.80. The highest BCUT2D eigenvalue weighted by molar-refractivity contribution is 5.28. The number of hydrogen-bond acceptors (Lipinski definition) is 2. The fourth-order valence-corrected chi connectivity index (χ4v) is 3.73. The second-order valence-electron chi connectivity index (χ2n) is 5.99. The van der Waals surface area contributed by atoms with E-state index in [1.807, 2.05) is 6.07 Å². The number of furan rings is 1. The van der Waals surface area contributed by atoms with E-state index in [1.165, 1.54) is 25.7 Å². The summed E-state index contributed by atoms with van der Waals surface area (Å²) in [6.07, 6.45) is 9.58. The zero-order valence-corrected chi connectivity index (χ0v) is 10.6. The van der Waals surface area contributed by atoms with Crippen LogP contribution in [0.15, 0.2) is 16.7 Å². The Morgan fingerprint density at radius 3 is 2.82 bits per heavy atom. The molecule has 1 aromatic heterocycles. The molecule has 1 unspecified atom stereocenters. The van der Waals surface area contributed by atoms with E-state index in [1.54, 1.807) is 6.26 Å². The van der Waals surface area contributed by atoms with Gasteiger partial charge in [0.15, 0.2) is 0 Å². The van der Waals surface area contributed by atoms with Crippen molar-refractivity contribution in [3.63, 3.8) is 0 Å². The van der Waals surface area contributed by atoms with Crippen LogP contribution in [0.5, 0.6) is 0 Å². The maximum Gasteiger partial charge on any atom is 0.109 e. The molecule has 0 saturated heterocycles. The van der Waals surface area contributed by atoms with Gasteiger partial charge in [-0.25, -0.2) is 0 Å². The van der Waals surface area contributed by atoms with Crippen molar-refractivity contribution in [2.45, 2.75) is 57.5 Å². The predicted molar refractivity (Wildman–Crippen MR) is 66.7 cm³/mol. The van der Waals surface area contributed by atoms with Gasteiger partial charge in [-0.3, -0.25) is 0 Å². The quantitative estimate of drug-likeness (QED) is 0.805. The lowest BCUT2D eigenvalue weighted by atomic mass is 9.67. The molecule has 1 heterocycles. The number of rotatable bonds is 1. The Morgan fingerprint density at radius 1 is 1.29 bits per heavy atom. The van der Waals surface area contributed by atoms with Crippen LogP contribution in [0.1, 0.15) is 56.8 Å². The summed E-state index contributed by atoms with van der Waals surface area (Å²) in [4.78, 5) is 0. The Labute approximate surface area is 103 Å². The third-order valence-electron chi connectivity index (χ3n) is 4.86. The first-order valence-electron chi connectivity index (χ1n) is 6.99. The minimum atomic E-state index is -0.597. The smallest absolute Gasteiger partial charge is 0.109 e. The van der Waals surface area contributed by atoms with Gasteiger partial charge in [-0.1, -0.05) is 19.8 Å². The predicted octanol–water partition coefficient (Wildman–Crippen LogP) is 3.63. The molecule has 0 aromatic carbocycles. The molecule has 1 N–H and O–H groups in total. The van der Waals surface area contributed by atoms with Crippen molar-refractivity contribution in [2.75, 3.05) is 0 Å². The van der Waals surface area contributed by atoms with E-state index in [2.05, 4.69) is 6.92 Å². The van der Waals surface area contributed by atoms with Crippen molar-refractivity contribution < 1.29 is 9.52 Å². The summed E-state index contributed by atoms with van der Waals surface area (Å²) >= 11 is 0. The van der Waals surface area contributed by atoms with Crippen LogP contribution in [-0.2, 0) is 12.0 Å². The summed E-state index contributed by atoms with van der Waals surface area (Å²) in [5.41, 5.74) is 0.490. The topological polar surface area (TPSA) is 33.4 Å². The molecule has 1 aromatic rings. The average molecular weight is 234 g/mol. The lowest BCUT2D eigenvalue weighted by Gasteiger charge is -2.41. The number of hydrogen-bond donors (Lipinski definition) is 1. The van der Waals surface area contributed by atoms with Crippen LogP contribution in [0.3, 0.4) is 0 Å². The van der Waals surface area contributed by atoms with Gasteiger partial charge in [0.2, 0.25) is 0 Å². The molecule has 1 atom stereocenters. The Hall–Kier alpha value is -0.760. The lowest BCUT2D eigenvalue weighted by molar-refractivity contribution is -0.0580. The summed E-state index contributed by atoms with van der Waals surface area (Å²) in [6.45, 7) is 2.32. The van der Waals surface area contributed by atoms with Crippen molar-refractivity contribution in [3.05, 3.63) is 23.7 Å². The summed E-state index contributed by atoms with van der Waals surface area (Å²) in [6, 6.07) is 1.99. The van der Waals surface area contributed by atoms with E-state index >= 15 is 0 Å². The molecule has 3 rings (SSSR count). The standard InChI is InChI=1S/C15H22O2/c1-11-4-6-12(7-5-11)15(16)9-2-3-14-13(15)8-10-17-14/h8,10-12,16H,2-7,9H2,1H3. The largest absolute Gasteiger partial charge is 0.469 e. The highest BCUT2D eigenvalue weighted by atomic mass is 16.3. The van der Waals surface area contributed by atoms with Crippen LogP contribution in [-0.4, -0.2) is 5.11 Å². The molecule has 2 aliphatic carbocycles. The molecule has 2 aliphatic rings. The third kappa shape index (κ3) is 1.83. The summed E-state index contributed by atoms with van der Waals surface area (Å²) in [5, 5.41) is 11.1. The van der Waals surface area contributed by atoms with Gasteiger partial charge in [0.05, 0.1) is 11.9 Å². The van der Waals surface area contributed by atoms with Gasteiger partial charge in [0, 0.05) is 12.0 Å². The lowest BCUT2D eigenvalue weighted by Crippen LogP contribution is -2.39. The van der Waals surface area contributed by atoms with Crippen LogP contribution < -0.4 is 0 Å². The Bertz CT molecular complexity index is 387.